The van der Waals surface area contributed by atoms with Crippen molar-refractivity contribution in [3.8, 4) is 0 Å². The van der Waals surface area contributed by atoms with E-state index in [4.69, 9.17) is 37.0 Å². The summed E-state index contributed by atoms with van der Waals surface area (Å²) in [7, 11) is -9.91. The molecule has 3 N–H and O–H groups in total. The van der Waals surface area contributed by atoms with Crippen LogP contribution < -0.4 is 0 Å². The largest absolute Gasteiger partial charge is 0.472 e. The van der Waals surface area contributed by atoms with E-state index in [-0.39, 0.29) is 25.7 Å². The number of aliphatic hydroxyl groups is 1. The van der Waals surface area contributed by atoms with Crippen molar-refractivity contribution in [2.75, 3.05) is 39.6 Å². The third-order valence-electron chi connectivity index (χ3n) is 18.1. The van der Waals surface area contributed by atoms with Crippen molar-refractivity contribution in [2.45, 2.75) is 414 Å². The Kier molecular flexibility index (Phi) is 65.9. The molecule has 0 aliphatic rings. The third kappa shape index (κ3) is 72.2. The number of carbonyl (C=O) groups is 4. The second-order valence-corrected chi connectivity index (χ2v) is 32.9. The van der Waals surface area contributed by atoms with Gasteiger partial charge in [0.2, 0.25) is 0 Å². The fourth-order valence-electron chi connectivity index (χ4n) is 11.9. The maximum Gasteiger partial charge on any atom is 0.472 e. The van der Waals surface area contributed by atoms with Gasteiger partial charge in [0.05, 0.1) is 26.4 Å². The van der Waals surface area contributed by atoms with Gasteiger partial charge < -0.3 is 33.8 Å². The average Bonchev–Trinajstić information content (AvgIpc) is 1.27. The Bertz CT molecular complexity index is 1900. The molecule has 0 spiro atoms. The molecule has 19 heteroatoms. The molecule has 0 aliphatic heterocycles. The van der Waals surface area contributed by atoms with Crippen LogP contribution in [0.15, 0.2) is 0 Å². The van der Waals surface area contributed by atoms with E-state index in [9.17, 15) is 43.2 Å². The highest BCUT2D eigenvalue weighted by Gasteiger charge is 2.30. The summed E-state index contributed by atoms with van der Waals surface area (Å²) in [6.07, 6.45) is 53.0. The Morgan fingerprint density at radius 3 is 0.639 bits per heavy atom. The summed E-state index contributed by atoms with van der Waals surface area (Å²) >= 11 is 0. The Labute approximate surface area is 594 Å². The van der Waals surface area contributed by atoms with Crippen molar-refractivity contribution < 1.29 is 80.2 Å². The molecular formula is C78H152O17P2. The zero-order valence-corrected chi connectivity index (χ0v) is 65.5. The summed E-state index contributed by atoms with van der Waals surface area (Å²) in [6.45, 7) is 14.2. The number of rotatable bonds is 75. The van der Waals surface area contributed by atoms with E-state index < -0.39 is 97.5 Å². The van der Waals surface area contributed by atoms with Crippen molar-refractivity contribution >= 4 is 39.5 Å². The molecule has 5 atom stereocenters. The molecule has 0 aromatic rings. The van der Waals surface area contributed by atoms with Crippen LogP contribution in [0.4, 0.5) is 0 Å². The van der Waals surface area contributed by atoms with E-state index >= 15 is 0 Å². The van der Waals surface area contributed by atoms with Gasteiger partial charge in [0.25, 0.3) is 0 Å². The van der Waals surface area contributed by atoms with Gasteiger partial charge in [-0.2, -0.15) is 0 Å². The van der Waals surface area contributed by atoms with Crippen molar-refractivity contribution in [3.05, 3.63) is 0 Å². The van der Waals surface area contributed by atoms with Gasteiger partial charge in [0.1, 0.15) is 19.3 Å². The van der Waals surface area contributed by atoms with Crippen molar-refractivity contribution in [3.63, 3.8) is 0 Å². The lowest BCUT2D eigenvalue weighted by Crippen LogP contribution is -2.30. The maximum absolute atomic E-state index is 13.1. The molecule has 0 aromatic carbocycles. The molecule has 0 rings (SSSR count). The first-order valence-corrected chi connectivity index (χ1v) is 43.2. The van der Waals surface area contributed by atoms with E-state index in [0.717, 1.165) is 114 Å². The lowest BCUT2D eigenvalue weighted by molar-refractivity contribution is -0.161. The molecule has 0 saturated carbocycles. The molecule has 0 fully saturated rings. The zero-order chi connectivity index (χ0) is 71.7. The summed E-state index contributed by atoms with van der Waals surface area (Å²) in [5, 5.41) is 10.6. The summed E-state index contributed by atoms with van der Waals surface area (Å²) in [4.78, 5) is 72.8. The topological polar surface area (TPSA) is 237 Å². The second kappa shape index (κ2) is 67.2. The number of phosphoric acid groups is 2. The van der Waals surface area contributed by atoms with Crippen LogP contribution in [0.3, 0.4) is 0 Å². The van der Waals surface area contributed by atoms with Gasteiger partial charge in [0, 0.05) is 25.7 Å². The normalized spacial score (nSPS) is 14.1. The molecule has 0 aliphatic carbocycles. The number of unbranched alkanes of at least 4 members (excludes halogenated alkanes) is 41. The molecular weight excluding hydrogens is 1270 g/mol. The minimum Gasteiger partial charge on any atom is -0.462 e. The average molecular weight is 1420 g/mol. The van der Waals surface area contributed by atoms with E-state index in [1.807, 2.05) is 0 Å². The molecule has 0 bridgehead atoms. The van der Waals surface area contributed by atoms with Crippen LogP contribution in [0.1, 0.15) is 396 Å². The number of aliphatic hydroxyl groups excluding tert-OH is 1. The van der Waals surface area contributed by atoms with Crippen LogP contribution in [0.2, 0.25) is 0 Å². The molecule has 576 valence electrons. The van der Waals surface area contributed by atoms with E-state index in [1.165, 1.54) is 193 Å². The molecule has 0 heterocycles. The minimum absolute atomic E-state index is 0.104. The van der Waals surface area contributed by atoms with Crippen molar-refractivity contribution in [2.24, 2.45) is 23.7 Å². The SMILES string of the molecule is CC(C)CCCCCCCCCCCCCCCCCC(=O)OC[C@H](COP(=O)(O)OC[C@@H](O)COP(=O)(O)OC[C@@H](COC(=O)CCCCCCCCC(C)C)OC(=O)CCCCCCCCCCCC(C)C)OC(=O)CCCCCCCCCCCCCCCCCC(C)C. The van der Waals surface area contributed by atoms with Gasteiger partial charge in [-0.15, -0.1) is 0 Å². The van der Waals surface area contributed by atoms with Crippen LogP contribution >= 0.6 is 15.6 Å². The van der Waals surface area contributed by atoms with Gasteiger partial charge in [-0.3, -0.25) is 37.3 Å². The molecule has 17 nitrogen and oxygen atoms in total. The standard InChI is InChI=1S/C78H152O17P2/c1-68(2)54-46-38-30-24-19-15-11-9-13-17-21-27-33-42-50-58-75(80)88-64-73(94-77(82)60-52-44-34-28-22-18-14-10-12-16-20-25-31-39-47-55-69(3)4)66-92-96(84,85)90-62-72(79)63-91-97(86,87)93-67-74(65-89-76(81)59-51-43-37-36-41-49-57-71(7)8)95-78(83)61-53-45-35-29-23-26-32-40-48-56-70(5)6/h68-74,79H,9-67H2,1-8H3,(H,84,85)(H,86,87)/t72-,73-,74-/m1/s1. The highest BCUT2D eigenvalue weighted by Crippen LogP contribution is 2.45. The molecule has 0 saturated heterocycles. The van der Waals surface area contributed by atoms with Crippen LogP contribution in [0.5, 0.6) is 0 Å². The lowest BCUT2D eigenvalue weighted by Gasteiger charge is -2.21. The highest BCUT2D eigenvalue weighted by atomic mass is 31.2. The fourth-order valence-corrected chi connectivity index (χ4v) is 13.5. The number of ether oxygens (including phenoxy) is 4. The summed E-state index contributed by atoms with van der Waals surface area (Å²) in [6, 6.07) is 0. The molecule has 0 radical (unpaired) electrons. The number of esters is 4. The first-order valence-electron chi connectivity index (χ1n) is 40.2. The quantitative estimate of drug-likeness (QED) is 0.0222. The molecule has 97 heavy (non-hydrogen) atoms. The Morgan fingerprint density at radius 1 is 0.258 bits per heavy atom. The zero-order valence-electron chi connectivity index (χ0n) is 63.7. The van der Waals surface area contributed by atoms with Crippen molar-refractivity contribution in [1.82, 2.24) is 0 Å². The van der Waals surface area contributed by atoms with Crippen LogP contribution in [0.25, 0.3) is 0 Å². The number of hydrogen-bond acceptors (Lipinski definition) is 15. The highest BCUT2D eigenvalue weighted by molar-refractivity contribution is 7.47. The van der Waals surface area contributed by atoms with E-state index in [2.05, 4.69) is 55.4 Å². The van der Waals surface area contributed by atoms with Gasteiger partial charge in [-0.1, -0.05) is 344 Å². The predicted octanol–water partition coefficient (Wildman–Crippen LogP) is 22.8. The van der Waals surface area contributed by atoms with Crippen LogP contribution in [-0.2, 0) is 65.4 Å². The Balaban J connectivity index is 5.22. The number of hydrogen-bond donors (Lipinski definition) is 3. The lowest BCUT2D eigenvalue weighted by atomic mass is 10.0. The number of phosphoric ester groups is 2. The smallest absolute Gasteiger partial charge is 0.462 e. The number of carbonyl (C=O) groups excluding carboxylic acids is 4. The third-order valence-corrected chi connectivity index (χ3v) is 20.0. The second-order valence-electron chi connectivity index (χ2n) is 30.0. The van der Waals surface area contributed by atoms with E-state index in [0.29, 0.717) is 31.6 Å². The summed E-state index contributed by atoms with van der Waals surface area (Å²) in [5.74, 6) is 0.904. The minimum atomic E-state index is -4.96. The molecule has 0 aromatic heterocycles. The molecule has 0 amide bonds. The predicted molar refractivity (Wildman–Crippen MR) is 395 cm³/mol. The summed E-state index contributed by atoms with van der Waals surface area (Å²) < 4.78 is 68.5. The van der Waals surface area contributed by atoms with Gasteiger partial charge in [-0.05, 0) is 49.4 Å². The monoisotopic (exact) mass is 1420 g/mol. The first-order chi connectivity index (χ1) is 46.6. The maximum atomic E-state index is 13.1. The molecule has 2 unspecified atom stereocenters. The van der Waals surface area contributed by atoms with Gasteiger partial charge in [-0.25, -0.2) is 9.13 Å². The van der Waals surface area contributed by atoms with Gasteiger partial charge >= 0.3 is 39.5 Å². The first kappa shape index (κ1) is 95.1. The summed E-state index contributed by atoms with van der Waals surface area (Å²) in [5.41, 5.74) is 0. The van der Waals surface area contributed by atoms with Crippen LogP contribution in [-0.4, -0.2) is 96.7 Å². The van der Waals surface area contributed by atoms with Crippen LogP contribution in [0, 0.1) is 23.7 Å². The van der Waals surface area contributed by atoms with E-state index in [1.54, 1.807) is 0 Å². The Hall–Kier alpha value is -1.94. The Morgan fingerprint density at radius 2 is 0.433 bits per heavy atom. The van der Waals surface area contributed by atoms with Gasteiger partial charge in [0.15, 0.2) is 12.2 Å². The fraction of sp³-hybridized carbons (Fsp3) is 0.949. The van der Waals surface area contributed by atoms with Crippen molar-refractivity contribution in [1.29, 1.82) is 0 Å².